The van der Waals surface area contributed by atoms with Gasteiger partial charge in [0.15, 0.2) is 24.4 Å². The molecule has 2 fully saturated rings. The van der Waals surface area contributed by atoms with Gasteiger partial charge in [-0.3, -0.25) is 38.4 Å². The normalized spacial score (nSPS) is 25.5. The fourth-order valence-corrected chi connectivity index (χ4v) is 5.43. The van der Waals surface area contributed by atoms with Crippen molar-refractivity contribution in [1.29, 1.82) is 0 Å². The third-order valence-electron chi connectivity index (χ3n) is 8.73. The van der Waals surface area contributed by atoms with Gasteiger partial charge in [0.2, 0.25) is 24.8 Å². The van der Waals surface area contributed by atoms with E-state index in [0.717, 1.165) is 0 Å². The van der Waals surface area contributed by atoms with Gasteiger partial charge in [-0.15, -0.1) is 0 Å². The van der Waals surface area contributed by atoms with E-state index in [1.54, 1.807) is 0 Å². The van der Waals surface area contributed by atoms with Crippen molar-refractivity contribution in [3.8, 4) is 0 Å². The number of hydrogen-bond donors (Lipinski definition) is 0. The minimum Gasteiger partial charge on any atom is -0.463 e. The van der Waals surface area contributed by atoms with Crippen molar-refractivity contribution in [2.24, 2.45) is 0 Å². The summed E-state index contributed by atoms with van der Waals surface area (Å²) in [5.41, 5.74) is 0. The van der Waals surface area contributed by atoms with Crippen molar-refractivity contribution in [3.63, 3.8) is 0 Å². The van der Waals surface area contributed by atoms with Gasteiger partial charge in [0.25, 0.3) is 0 Å². The third-order valence-corrected chi connectivity index (χ3v) is 8.73. The lowest BCUT2D eigenvalue weighted by Gasteiger charge is -2.43. The van der Waals surface area contributed by atoms with Crippen LogP contribution >= 0.6 is 0 Å². The van der Waals surface area contributed by atoms with E-state index in [9.17, 15) is 47.9 Å². The molecular formula is C40H56O22. The molecule has 22 heteroatoms. The summed E-state index contributed by atoms with van der Waals surface area (Å²) in [7, 11) is 0. The molecule has 2 rings (SSSR count). The predicted molar refractivity (Wildman–Crippen MR) is 202 cm³/mol. The smallest absolute Gasteiger partial charge is 0.333 e. The number of hydrogen-bond acceptors (Lipinski definition) is 22. The summed E-state index contributed by atoms with van der Waals surface area (Å²) in [6.45, 7) is 10.5. The van der Waals surface area contributed by atoms with Crippen LogP contribution in [-0.2, 0) is 105 Å². The molecule has 0 aliphatic carbocycles. The molecule has 22 nitrogen and oxygen atoms in total. The lowest BCUT2D eigenvalue weighted by molar-refractivity contribution is -0.300. The van der Waals surface area contributed by atoms with Gasteiger partial charge in [-0.25, -0.2) is 9.59 Å². The number of rotatable bonds is 22. The van der Waals surface area contributed by atoms with Crippen LogP contribution in [0.15, 0.2) is 12.2 Å². The van der Waals surface area contributed by atoms with Crippen LogP contribution in [0, 0.1) is 0 Å². The first-order valence-corrected chi connectivity index (χ1v) is 20.4. The fourth-order valence-electron chi connectivity index (χ4n) is 5.43. The van der Waals surface area contributed by atoms with Gasteiger partial charge in [-0.05, 0) is 0 Å². The number of carbonyl (C=O) groups excluding carboxylic acids is 10. The summed E-state index contributed by atoms with van der Waals surface area (Å²) in [6.07, 6.45) is -16.8. The fraction of sp³-hybridized carbons (Fsp3) is 0.700. The Morgan fingerprint density at radius 2 is 0.581 bits per heavy atom. The molecule has 62 heavy (non-hydrogen) atoms. The molecule has 0 bridgehead atoms. The Hall–Kier alpha value is -5.64. The maximum absolute atomic E-state index is 13.3. The molecule has 0 radical (unpaired) electrons. The van der Waals surface area contributed by atoms with Crippen LogP contribution < -0.4 is 0 Å². The SMILES string of the molecule is CCC(=O)OC[C@H]1O[C@@H](OC(=O)/C=C/C(=O)O[C@@H]2O[C@H](COC(=O)CC)[C@@H](OC(=O)CC)[C@H](OC(=O)CC)[C@H]2OC(=O)CC)[C@H](OC(=O)CC)[C@@H](OC(=O)CC)[C@@H]1OC(=O)CC. The molecule has 2 aliphatic heterocycles. The molecule has 0 aromatic heterocycles. The lowest BCUT2D eigenvalue weighted by Crippen LogP contribution is -2.63. The highest BCUT2D eigenvalue weighted by atomic mass is 16.8. The zero-order valence-electron chi connectivity index (χ0n) is 36.0. The van der Waals surface area contributed by atoms with E-state index in [4.69, 9.17) is 56.8 Å². The molecule has 0 aromatic rings. The Labute approximate surface area is 357 Å². The van der Waals surface area contributed by atoms with Gasteiger partial charge < -0.3 is 56.8 Å². The second kappa shape index (κ2) is 26.6. The number of carbonyl (C=O) groups is 10. The van der Waals surface area contributed by atoms with Crippen LogP contribution in [0.25, 0.3) is 0 Å². The Bertz CT molecular complexity index is 1510. The van der Waals surface area contributed by atoms with E-state index in [0.29, 0.717) is 12.2 Å². The molecule has 0 spiro atoms. The van der Waals surface area contributed by atoms with E-state index in [1.807, 2.05) is 0 Å². The molecule has 2 saturated heterocycles. The van der Waals surface area contributed by atoms with Crippen molar-refractivity contribution >= 4 is 59.7 Å². The maximum Gasteiger partial charge on any atom is 0.333 e. The molecule has 0 N–H and O–H groups in total. The van der Waals surface area contributed by atoms with Crippen molar-refractivity contribution in [3.05, 3.63) is 12.2 Å². The van der Waals surface area contributed by atoms with Crippen molar-refractivity contribution in [1.82, 2.24) is 0 Å². The Morgan fingerprint density at radius 1 is 0.339 bits per heavy atom. The minimum absolute atomic E-state index is 0.0610. The molecular weight excluding hydrogens is 832 g/mol. The van der Waals surface area contributed by atoms with Crippen molar-refractivity contribution < 1.29 is 105 Å². The summed E-state index contributed by atoms with van der Waals surface area (Å²) < 4.78 is 66.1. The Morgan fingerprint density at radius 3 is 0.839 bits per heavy atom. The quantitative estimate of drug-likeness (QED) is 0.0852. The second-order valence-electron chi connectivity index (χ2n) is 13.2. The van der Waals surface area contributed by atoms with Gasteiger partial charge >= 0.3 is 59.7 Å². The summed E-state index contributed by atoms with van der Waals surface area (Å²) >= 11 is 0. The van der Waals surface area contributed by atoms with E-state index >= 15 is 0 Å². The van der Waals surface area contributed by atoms with E-state index in [1.165, 1.54) is 55.4 Å². The van der Waals surface area contributed by atoms with Crippen LogP contribution in [0.2, 0.25) is 0 Å². The van der Waals surface area contributed by atoms with E-state index in [-0.39, 0.29) is 51.4 Å². The standard InChI is InChI=1S/C40H56O22/c1-9-23(41)51-19-21-33(55-25(43)11-3)35(57-27(45)13-5)37(59-29(47)15-7)39(53-21)61-31(49)17-18-32(50)62-40-38(60-30(48)16-8)36(58-28(46)14-6)34(56-26(44)12-4)22(54-40)20-52-24(42)10-2/h17-18,21-22,33-40H,9-16,19-20H2,1-8H3/b18-17+/t21-,22-,33-,34-,35+,36+,37-,38-,39+,40+/m1/s1. The van der Waals surface area contributed by atoms with Crippen LogP contribution in [0.1, 0.15) is 107 Å². The number of esters is 10. The molecule has 0 saturated carbocycles. The second-order valence-corrected chi connectivity index (χ2v) is 13.2. The van der Waals surface area contributed by atoms with Crippen molar-refractivity contribution in [2.45, 2.75) is 168 Å². The lowest BCUT2D eigenvalue weighted by atomic mass is 9.98. The van der Waals surface area contributed by atoms with Gasteiger partial charge in [0.1, 0.15) is 25.4 Å². The molecule has 10 atom stereocenters. The Balaban J connectivity index is 2.53. The van der Waals surface area contributed by atoms with Gasteiger partial charge in [0.05, 0.1) is 0 Å². The van der Waals surface area contributed by atoms with Crippen LogP contribution in [-0.4, -0.2) is 134 Å². The van der Waals surface area contributed by atoms with E-state index < -0.39 is 134 Å². The molecule has 0 aromatic carbocycles. The minimum atomic E-state index is -1.93. The molecule has 2 aliphatic rings. The summed E-state index contributed by atoms with van der Waals surface area (Å²) in [5, 5.41) is 0. The maximum atomic E-state index is 13.3. The molecule has 348 valence electrons. The first-order chi connectivity index (χ1) is 29.5. The van der Waals surface area contributed by atoms with Crippen molar-refractivity contribution in [2.75, 3.05) is 13.2 Å². The summed E-state index contributed by atoms with van der Waals surface area (Å²) in [4.78, 5) is 126. The van der Waals surface area contributed by atoms with Gasteiger partial charge in [-0.1, -0.05) is 55.4 Å². The summed E-state index contributed by atoms with van der Waals surface area (Å²) in [6, 6.07) is 0. The first-order valence-electron chi connectivity index (χ1n) is 20.4. The third kappa shape index (κ3) is 16.3. The zero-order valence-corrected chi connectivity index (χ0v) is 36.0. The highest BCUT2D eigenvalue weighted by Crippen LogP contribution is 2.32. The monoisotopic (exact) mass is 888 g/mol. The average molecular weight is 889 g/mol. The predicted octanol–water partition coefficient (Wildman–Crippen LogP) is 1.92. The van der Waals surface area contributed by atoms with Gasteiger partial charge in [-0.2, -0.15) is 0 Å². The van der Waals surface area contributed by atoms with Crippen LogP contribution in [0.5, 0.6) is 0 Å². The highest BCUT2D eigenvalue weighted by Gasteiger charge is 2.55. The topological polar surface area (TPSA) is 281 Å². The highest BCUT2D eigenvalue weighted by molar-refractivity contribution is 5.91. The average Bonchev–Trinajstić information content (AvgIpc) is 3.26. The first kappa shape index (κ1) is 52.5. The van der Waals surface area contributed by atoms with Gasteiger partial charge in [0, 0.05) is 63.5 Å². The molecule has 2 heterocycles. The van der Waals surface area contributed by atoms with E-state index in [2.05, 4.69) is 0 Å². The Kier molecular flexibility index (Phi) is 22.6. The zero-order chi connectivity index (χ0) is 46.5. The summed E-state index contributed by atoms with van der Waals surface area (Å²) in [5.74, 6) is -9.12. The molecule has 0 unspecified atom stereocenters. The molecule has 0 amide bonds. The largest absolute Gasteiger partial charge is 0.463 e. The number of ether oxygens (including phenoxy) is 12. The van der Waals surface area contributed by atoms with Crippen LogP contribution in [0.3, 0.4) is 0 Å². The van der Waals surface area contributed by atoms with Crippen LogP contribution in [0.4, 0.5) is 0 Å².